The van der Waals surface area contributed by atoms with Gasteiger partial charge >= 0.3 is 6.18 Å². The van der Waals surface area contributed by atoms with E-state index in [0.717, 1.165) is 38.3 Å². The molecule has 116 valence electrons. The second kappa shape index (κ2) is 5.23. The van der Waals surface area contributed by atoms with Gasteiger partial charge in [0.2, 0.25) is 0 Å². The molecule has 3 aliphatic heterocycles. The predicted molar refractivity (Wildman–Crippen MR) is 68.2 cm³/mol. The lowest BCUT2D eigenvalue weighted by Gasteiger charge is -2.49. The van der Waals surface area contributed by atoms with Gasteiger partial charge < -0.3 is 5.11 Å². The first kappa shape index (κ1) is 14.7. The van der Waals surface area contributed by atoms with E-state index in [2.05, 4.69) is 9.80 Å². The quantitative estimate of drug-likeness (QED) is 0.845. The number of alkyl halides is 3. The Bertz CT molecular complexity index is 526. The Morgan fingerprint density at radius 1 is 1.14 bits per heavy atom. The molecule has 7 heteroatoms. The molecule has 3 fully saturated rings. The van der Waals surface area contributed by atoms with Crippen LogP contribution in [0, 0.1) is 5.82 Å². The largest absolute Gasteiger partial charge is 0.419 e. The number of hydrogen-bond acceptors (Lipinski definition) is 3. The Morgan fingerprint density at radius 3 is 2.33 bits per heavy atom. The molecule has 1 aromatic rings. The summed E-state index contributed by atoms with van der Waals surface area (Å²) in [6.07, 6.45) is -5.80. The lowest BCUT2D eigenvalue weighted by atomic mass is 9.95. The molecule has 0 aliphatic carbocycles. The van der Waals surface area contributed by atoms with Crippen LogP contribution >= 0.6 is 0 Å². The second-order valence-electron chi connectivity index (χ2n) is 5.59. The molecule has 1 N–H and O–H groups in total. The predicted octanol–water partition coefficient (Wildman–Crippen LogP) is 1.88. The minimum absolute atomic E-state index is 0.113. The molecule has 0 spiro atoms. The van der Waals surface area contributed by atoms with E-state index in [1.165, 1.54) is 6.07 Å². The highest BCUT2D eigenvalue weighted by Gasteiger charge is 2.39. The van der Waals surface area contributed by atoms with Crippen molar-refractivity contribution in [2.45, 2.75) is 18.3 Å². The fraction of sp³-hybridized carbons (Fsp3) is 0.571. The van der Waals surface area contributed by atoms with Gasteiger partial charge in [-0.1, -0.05) is 6.07 Å². The lowest BCUT2D eigenvalue weighted by molar-refractivity contribution is -0.140. The Labute approximate surface area is 119 Å². The van der Waals surface area contributed by atoms with Gasteiger partial charge in [0.15, 0.2) is 0 Å². The third-order valence-electron chi connectivity index (χ3n) is 4.32. The van der Waals surface area contributed by atoms with Crippen molar-refractivity contribution in [3.05, 3.63) is 35.1 Å². The SMILES string of the molecule is OC(c1ccc(F)c(C(F)(F)F)c1)C1CN2CCN1CC2. The summed E-state index contributed by atoms with van der Waals surface area (Å²) in [4.78, 5) is 4.27. The van der Waals surface area contributed by atoms with Gasteiger partial charge in [-0.15, -0.1) is 0 Å². The van der Waals surface area contributed by atoms with Gasteiger partial charge in [0.25, 0.3) is 0 Å². The highest BCUT2D eigenvalue weighted by molar-refractivity contribution is 5.29. The summed E-state index contributed by atoms with van der Waals surface area (Å²) < 4.78 is 51.5. The molecule has 1 aromatic carbocycles. The van der Waals surface area contributed by atoms with Crippen LogP contribution in [0.15, 0.2) is 18.2 Å². The van der Waals surface area contributed by atoms with Crippen LogP contribution in [0.1, 0.15) is 17.2 Å². The highest BCUT2D eigenvalue weighted by Crippen LogP contribution is 2.34. The van der Waals surface area contributed by atoms with Crippen molar-refractivity contribution >= 4 is 0 Å². The first-order valence-electron chi connectivity index (χ1n) is 6.87. The molecule has 2 bridgehead atoms. The van der Waals surface area contributed by atoms with Gasteiger partial charge in [0, 0.05) is 32.7 Å². The average molecular weight is 304 g/mol. The van der Waals surface area contributed by atoms with E-state index < -0.39 is 23.7 Å². The minimum atomic E-state index is -4.75. The van der Waals surface area contributed by atoms with Gasteiger partial charge in [0.05, 0.1) is 17.7 Å². The first-order chi connectivity index (χ1) is 9.86. The summed E-state index contributed by atoms with van der Waals surface area (Å²) in [5.74, 6) is -1.31. The van der Waals surface area contributed by atoms with Crippen molar-refractivity contribution in [3.8, 4) is 0 Å². The molecule has 0 saturated carbocycles. The average Bonchev–Trinajstić information content (AvgIpc) is 2.47. The number of aliphatic hydroxyl groups excluding tert-OH is 1. The molecule has 0 amide bonds. The number of halogens is 4. The van der Waals surface area contributed by atoms with Crippen molar-refractivity contribution in [1.29, 1.82) is 0 Å². The Balaban J connectivity index is 1.86. The Hall–Kier alpha value is -1.18. The summed E-state index contributed by atoms with van der Waals surface area (Å²) >= 11 is 0. The van der Waals surface area contributed by atoms with Crippen LogP contribution in [0.2, 0.25) is 0 Å². The summed E-state index contributed by atoms with van der Waals surface area (Å²) in [6.45, 7) is 4.06. The number of aliphatic hydroxyl groups is 1. The van der Waals surface area contributed by atoms with E-state index in [-0.39, 0.29) is 11.6 Å². The van der Waals surface area contributed by atoms with Crippen LogP contribution in [0.3, 0.4) is 0 Å². The zero-order chi connectivity index (χ0) is 15.2. The number of nitrogens with zero attached hydrogens (tertiary/aromatic N) is 2. The maximum Gasteiger partial charge on any atom is 0.419 e. The van der Waals surface area contributed by atoms with Crippen molar-refractivity contribution in [3.63, 3.8) is 0 Å². The van der Waals surface area contributed by atoms with Crippen LogP contribution in [0.5, 0.6) is 0 Å². The molecule has 3 heterocycles. The second-order valence-corrected chi connectivity index (χ2v) is 5.59. The van der Waals surface area contributed by atoms with Gasteiger partial charge in [-0.05, 0) is 17.7 Å². The Kier molecular flexibility index (Phi) is 3.67. The molecule has 21 heavy (non-hydrogen) atoms. The van der Waals surface area contributed by atoms with Crippen LogP contribution in [-0.2, 0) is 6.18 Å². The minimum Gasteiger partial charge on any atom is -0.387 e. The van der Waals surface area contributed by atoms with Crippen molar-refractivity contribution < 1.29 is 22.7 Å². The number of rotatable bonds is 2. The van der Waals surface area contributed by atoms with Crippen molar-refractivity contribution in [2.24, 2.45) is 0 Å². The molecule has 0 radical (unpaired) electrons. The zero-order valence-electron chi connectivity index (χ0n) is 11.3. The normalized spacial score (nSPS) is 30.4. The molecule has 2 atom stereocenters. The van der Waals surface area contributed by atoms with Crippen molar-refractivity contribution in [2.75, 3.05) is 32.7 Å². The summed E-state index contributed by atoms with van der Waals surface area (Å²) in [7, 11) is 0. The van der Waals surface area contributed by atoms with Crippen LogP contribution in [0.4, 0.5) is 17.6 Å². The third kappa shape index (κ3) is 2.77. The molecular weight excluding hydrogens is 288 g/mol. The number of benzene rings is 1. The Morgan fingerprint density at radius 2 is 1.81 bits per heavy atom. The van der Waals surface area contributed by atoms with E-state index in [1.54, 1.807) is 0 Å². The molecule has 3 saturated heterocycles. The fourth-order valence-electron chi connectivity index (χ4n) is 3.12. The maximum absolute atomic E-state index is 13.3. The van der Waals surface area contributed by atoms with Crippen LogP contribution in [-0.4, -0.2) is 53.7 Å². The summed E-state index contributed by atoms with van der Waals surface area (Å²) in [6, 6.07) is 2.49. The van der Waals surface area contributed by atoms with Crippen LogP contribution in [0.25, 0.3) is 0 Å². The molecule has 0 aromatic heterocycles. The van der Waals surface area contributed by atoms with E-state index in [0.29, 0.717) is 6.54 Å². The van der Waals surface area contributed by atoms with E-state index in [4.69, 9.17) is 0 Å². The third-order valence-corrected chi connectivity index (χ3v) is 4.32. The number of hydrogen-bond donors (Lipinski definition) is 1. The number of piperazine rings is 3. The highest BCUT2D eigenvalue weighted by atomic mass is 19.4. The molecule has 3 aliphatic rings. The fourth-order valence-corrected chi connectivity index (χ4v) is 3.12. The van der Waals surface area contributed by atoms with Gasteiger partial charge in [-0.25, -0.2) is 4.39 Å². The maximum atomic E-state index is 13.3. The van der Waals surface area contributed by atoms with E-state index >= 15 is 0 Å². The van der Waals surface area contributed by atoms with Gasteiger partial charge in [0.1, 0.15) is 5.82 Å². The topological polar surface area (TPSA) is 26.7 Å². The molecule has 4 rings (SSSR count). The molecule has 2 unspecified atom stereocenters. The van der Waals surface area contributed by atoms with Crippen molar-refractivity contribution in [1.82, 2.24) is 9.80 Å². The van der Waals surface area contributed by atoms with Gasteiger partial charge in [-0.2, -0.15) is 13.2 Å². The van der Waals surface area contributed by atoms with Gasteiger partial charge in [-0.3, -0.25) is 9.80 Å². The standard InChI is InChI=1S/C14H16F4N2O/c15-11-2-1-9(7-10(11)14(16,17)18)13(21)12-8-19-3-5-20(12)6-4-19/h1-2,7,12-13,21H,3-6,8H2. The molecule has 3 nitrogen and oxygen atoms in total. The van der Waals surface area contributed by atoms with Crippen LogP contribution < -0.4 is 0 Å². The van der Waals surface area contributed by atoms with E-state index in [9.17, 15) is 22.7 Å². The smallest absolute Gasteiger partial charge is 0.387 e. The molecular formula is C14H16F4N2O. The summed E-state index contributed by atoms with van der Waals surface area (Å²) in [5, 5.41) is 10.4. The van der Waals surface area contributed by atoms with E-state index in [1.807, 2.05) is 0 Å². The lowest BCUT2D eigenvalue weighted by Crippen LogP contribution is -2.62. The number of fused-ring (bicyclic) bond motifs is 3. The summed E-state index contributed by atoms with van der Waals surface area (Å²) in [5.41, 5.74) is -1.21. The monoisotopic (exact) mass is 304 g/mol. The zero-order valence-corrected chi connectivity index (χ0v) is 11.3. The first-order valence-corrected chi connectivity index (χ1v) is 6.87.